The van der Waals surface area contributed by atoms with Crippen molar-refractivity contribution in [2.45, 2.75) is 26.7 Å². The Bertz CT molecular complexity index is 297. The van der Waals surface area contributed by atoms with Gasteiger partial charge in [0.05, 0.1) is 0 Å². The summed E-state index contributed by atoms with van der Waals surface area (Å²) in [5.41, 5.74) is 1.20. The highest BCUT2D eigenvalue weighted by Gasteiger charge is 2.06. The van der Waals surface area contributed by atoms with E-state index in [2.05, 4.69) is 5.32 Å². The topological polar surface area (TPSA) is 30.5 Å². The molecule has 0 spiro atoms. The Morgan fingerprint density at radius 3 is 2.24 bits per heavy atom. The van der Waals surface area contributed by atoms with E-state index in [1.165, 1.54) is 5.56 Å². The van der Waals surface area contributed by atoms with Crippen LogP contribution in [0.5, 0.6) is 0 Å². The highest BCUT2D eigenvalue weighted by atomic mass is 35.5. The van der Waals surface area contributed by atoms with Crippen molar-refractivity contribution >= 4 is 11.6 Å². The van der Waals surface area contributed by atoms with Crippen LogP contribution in [0.2, 0.25) is 5.02 Å². The molecule has 0 radical (unpaired) electrons. The number of nitrogens with one attached hydrogen (secondary N) is 1. The molecule has 0 aliphatic carbocycles. The summed E-state index contributed by atoms with van der Waals surface area (Å²) in [6, 6.07) is 7.79. The zero-order valence-corrected chi connectivity index (χ0v) is 11.2. The Morgan fingerprint density at radius 1 is 1.12 bits per heavy atom. The number of rotatable bonds is 8. The van der Waals surface area contributed by atoms with Crippen molar-refractivity contribution in [1.29, 1.82) is 0 Å². The van der Waals surface area contributed by atoms with Gasteiger partial charge in [-0.3, -0.25) is 0 Å². The van der Waals surface area contributed by atoms with Crippen LogP contribution in [-0.2, 0) is 16.0 Å². The van der Waals surface area contributed by atoms with Gasteiger partial charge >= 0.3 is 0 Å². The molecule has 0 saturated carbocycles. The number of hydrogen-bond donors (Lipinski definition) is 1. The minimum Gasteiger partial charge on any atom is -0.352 e. The van der Waals surface area contributed by atoms with Gasteiger partial charge in [0.1, 0.15) is 0 Å². The van der Waals surface area contributed by atoms with E-state index in [-0.39, 0.29) is 6.29 Å². The van der Waals surface area contributed by atoms with E-state index in [0.717, 1.165) is 11.6 Å². The number of hydrogen-bond acceptors (Lipinski definition) is 3. The van der Waals surface area contributed by atoms with Crippen molar-refractivity contribution in [3.8, 4) is 0 Å². The molecular formula is C13H20ClNO2. The smallest absolute Gasteiger partial charge is 0.169 e. The predicted molar refractivity (Wildman–Crippen MR) is 70.2 cm³/mol. The van der Waals surface area contributed by atoms with Gasteiger partial charge in [-0.15, -0.1) is 0 Å². The molecule has 0 fully saturated rings. The monoisotopic (exact) mass is 257 g/mol. The van der Waals surface area contributed by atoms with Gasteiger partial charge < -0.3 is 14.8 Å². The van der Waals surface area contributed by atoms with Crippen LogP contribution in [0.1, 0.15) is 19.4 Å². The van der Waals surface area contributed by atoms with Gasteiger partial charge in [-0.2, -0.15) is 0 Å². The van der Waals surface area contributed by atoms with E-state index in [1.54, 1.807) is 0 Å². The molecule has 0 atom stereocenters. The van der Waals surface area contributed by atoms with Gasteiger partial charge in [-0.25, -0.2) is 0 Å². The van der Waals surface area contributed by atoms with E-state index < -0.39 is 0 Å². The molecule has 0 aliphatic rings. The summed E-state index contributed by atoms with van der Waals surface area (Å²) in [7, 11) is 0. The first-order valence-electron chi connectivity index (χ1n) is 5.94. The lowest BCUT2D eigenvalue weighted by Gasteiger charge is -2.17. The third-order valence-corrected chi connectivity index (χ3v) is 2.51. The number of benzene rings is 1. The molecule has 0 saturated heterocycles. The fraction of sp³-hybridized carbons (Fsp3) is 0.538. The van der Waals surface area contributed by atoms with Gasteiger partial charge in [0.2, 0.25) is 0 Å². The molecule has 0 amide bonds. The Kier molecular flexibility index (Phi) is 7.21. The van der Waals surface area contributed by atoms with Crippen molar-refractivity contribution in [3.05, 3.63) is 34.9 Å². The first-order valence-corrected chi connectivity index (χ1v) is 6.32. The third kappa shape index (κ3) is 6.03. The van der Waals surface area contributed by atoms with Crippen molar-refractivity contribution < 1.29 is 9.47 Å². The summed E-state index contributed by atoms with van der Waals surface area (Å²) < 4.78 is 10.9. The van der Waals surface area contributed by atoms with Crippen LogP contribution >= 0.6 is 11.6 Å². The minimum absolute atomic E-state index is 0.169. The number of ether oxygens (including phenoxy) is 2. The quantitative estimate of drug-likeness (QED) is 0.727. The Labute approximate surface area is 108 Å². The molecule has 0 aromatic heterocycles. The Hall–Kier alpha value is -0.610. The lowest BCUT2D eigenvalue weighted by atomic mass is 10.2. The normalized spacial score (nSPS) is 11.1. The van der Waals surface area contributed by atoms with Crippen LogP contribution in [0, 0.1) is 0 Å². The third-order valence-electron chi connectivity index (χ3n) is 2.26. The highest BCUT2D eigenvalue weighted by molar-refractivity contribution is 6.30. The maximum absolute atomic E-state index is 5.82. The summed E-state index contributed by atoms with van der Waals surface area (Å²) in [6.07, 6.45) is -0.169. The molecule has 0 heterocycles. The van der Waals surface area contributed by atoms with Gasteiger partial charge in [-0.1, -0.05) is 23.7 Å². The van der Waals surface area contributed by atoms with Crippen molar-refractivity contribution in [1.82, 2.24) is 5.32 Å². The van der Waals surface area contributed by atoms with Crippen molar-refractivity contribution in [3.63, 3.8) is 0 Å². The van der Waals surface area contributed by atoms with Gasteiger partial charge in [0.15, 0.2) is 6.29 Å². The molecular weight excluding hydrogens is 238 g/mol. The zero-order chi connectivity index (χ0) is 12.5. The second-order valence-electron chi connectivity index (χ2n) is 3.60. The second-order valence-corrected chi connectivity index (χ2v) is 4.03. The predicted octanol–water partition coefficient (Wildman–Crippen LogP) is 2.83. The summed E-state index contributed by atoms with van der Waals surface area (Å²) >= 11 is 5.82. The van der Waals surface area contributed by atoms with E-state index >= 15 is 0 Å². The molecule has 0 aliphatic heterocycles. The second kappa shape index (κ2) is 8.48. The molecule has 0 bridgehead atoms. The SMILES string of the molecule is CCOC(CNCc1ccc(Cl)cc1)OCC. The molecule has 0 unspecified atom stereocenters. The molecule has 17 heavy (non-hydrogen) atoms. The fourth-order valence-electron chi connectivity index (χ4n) is 1.47. The van der Waals surface area contributed by atoms with Crippen LogP contribution < -0.4 is 5.32 Å². The summed E-state index contributed by atoms with van der Waals surface area (Å²) in [5.74, 6) is 0. The van der Waals surface area contributed by atoms with E-state index in [0.29, 0.717) is 19.8 Å². The van der Waals surface area contributed by atoms with Gasteiger partial charge in [0.25, 0.3) is 0 Å². The first-order chi connectivity index (χ1) is 8.26. The van der Waals surface area contributed by atoms with Crippen molar-refractivity contribution in [2.24, 2.45) is 0 Å². The fourth-order valence-corrected chi connectivity index (χ4v) is 1.60. The minimum atomic E-state index is -0.169. The molecule has 1 rings (SSSR count). The lowest BCUT2D eigenvalue weighted by molar-refractivity contribution is -0.133. The average molecular weight is 258 g/mol. The average Bonchev–Trinajstić information content (AvgIpc) is 2.32. The number of halogens is 1. The zero-order valence-electron chi connectivity index (χ0n) is 10.4. The molecule has 1 aromatic carbocycles. The lowest BCUT2D eigenvalue weighted by Crippen LogP contribution is -2.31. The van der Waals surface area contributed by atoms with Crippen LogP contribution in [0.15, 0.2) is 24.3 Å². The molecule has 3 nitrogen and oxygen atoms in total. The molecule has 96 valence electrons. The van der Waals surface area contributed by atoms with Crippen LogP contribution in [0.4, 0.5) is 0 Å². The van der Waals surface area contributed by atoms with E-state index in [9.17, 15) is 0 Å². The van der Waals surface area contributed by atoms with Gasteiger partial charge in [-0.05, 0) is 31.5 Å². The maximum atomic E-state index is 5.82. The molecule has 1 N–H and O–H groups in total. The first kappa shape index (κ1) is 14.5. The summed E-state index contributed by atoms with van der Waals surface area (Å²) in [4.78, 5) is 0. The Balaban J connectivity index is 2.27. The van der Waals surface area contributed by atoms with Crippen LogP contribution in [-0.4, -0.2) is 26.0 Å². The standard InChI is InChI=1S/C13H20ClNO2/c1-3-16-13(17-4-2)10-15-9-11-5-7-12(14)8-6-11/h5-8,13,15H,3-4,9-10H2,1-2H3. The summed E-state index contributed by atoms with van der Waals surface area (Å²) in [5, 5.41) is 4.06. The molecule has 1 aromatic rings. The van der Waals surface area contributed by atoms with Crippen LogP contribution in [0.3, 0.4) is 0 Å². The Morgan fingerprint density at radius 2 is 1.71 bits per heavy atom. The van der Waals surface area contributed by atoms with E-state index in [4.69, 9.17) is 21.1 Å². The molecule has 4 heteroatoms. The summed E-state index contributed by atoms with van der Waals surface area (Å²) in [6.45, 7) is 6.72. The maximum Gasteiger partial charge on any atom is 0.169 e. The van der Waals surface area contributed by atoms with E-state index in [1.807, 2.05) is 38.1 Å². The van der Waals surface area contributed by atoms with Crippen LogP contribution in [0.25, 0.3) is 0 Å². The van der Waals surface area contributed by atoms with Crippen molar-refractivity contribution in [2.75, 3.05) is 19.8 Å². The van der Waals surface area contributed by atoms with Gasteiger partial charge in [0, 0.05) is 31.3 Å². The largest absolute Gasteiger partial charge is 0.352 e. The highest BCUT2D eigenvalue weighted by Crippen LogP contribution is 2.09.